The van der Waals surface area contributed by atoms with Crippen molar-refractivity contribution in [3.8, 4) is 0 Å². The van der Waals surface area contributed by atoms with Crippen LogP contribution in [0.2, 0.25) is 0 Å². The van der Waals surface area contributed by atoms with Crippen molar-refractivity contribution in [2.45, 2.75) is 6.92 Å². The molecule has 0 aliphatic rings. The third-order valence-corrected chi connectivity index (χ3v) is 1.22. The lowest BCUT2D eigenvalue weighted by atomic mass is 10.2. The first-order chi connectivity index (χ1) is 5.29. The van der Waals surface area contributed by atoms with Gasteiger partial charge in [-0.25, -0.2) is 0 Å². The van der Waals surface area contributed by atoms with Gasteiger partial charge in [-0.15, -0.1) is 0 Å². The summed E-state index contributed by atoms with van der Waals surface area (Å²) in [7, 11) is 1.71. The Hall–Kier alpha value is -1.18. The Morgan fingerprint density at radius 3 is 2.09 bits per heavy atom. The standard InChI is InChI=1S/C9H14N2/c1-5-8(10-4)9(6-2)11-7-3/h5-6H,1-2,7H2,3-4H3. The van der Waals surface area contributed by atoms with Crippen molar-refractivity contribution in [2.24, 2.45) is 9.98 Å². The first kappa shape index (κ1) is 9.82. The average Bonchev–Trinajstić information content (AvgIpc) is 2.05. The minimum absolute atomic E-state index is 0.744. The second-order valence-corrected chi connectivity index (χ2v) is 1.88. The van der Waals surface area contributed by atoms with Crippen molar-refractivity contribution in [1.82, 2.24) is 0 Å². The Kier molecular flexibility index (Phi) is 4.99. The van der Waals surface area contributed by atoms with E-state index in [1.165, 1.54) is 0 Å². The fourth-order valence-corrected chi connectivity index (χ4v) is 0.731. The Morgan fingerprint density at radius 1 is 1.27 bits per heavy atom. The van der Waals surface area contributed by atoms with E-state index in [0.717, 1.165) is 18.0 Å². The van der Waals surface area contributed by atoms with Crippen LogP contribution in [-0.4, -0.2) is 25.0 Å². The van der Waals surface area contributed by atoms with E-state index in [9.17, 15) is 0 Å². The van der Waals surface area contributed by atoms with Crippen LogP contribution in [0, 0.1) is 0 Å². The van der Waals surface area contributed by atoms with Gasteiger partial charge in [0.05, 0.1) is 11.4 Å². The third kappa shape index (κ3) is 2.94. The van der Waals surface area contributed by atoms with Gasteiger partial charge in [-0.1, -0.05) is 13.2 Å². The fourth-order valence-electron chi connectivity index (χ4n) is 0.731. The molecule has 0 rings (SSSR count). The maximum atomic E-state index is 4.18. The van der Waals surface area contributed by atoms with Crippen LogP contribution < -0.4 is 0 Å². The van der Waals surface area contributed by atoms with E-state index in [4.69, 9.17) is 0 Å². The molecule has 0 aromatic heterocycles. The van der Waals surface area contributed by atoms with E-state index < -0.39 is 0 Å². The van der Waals surface area contributed by atoms with Gasteiger partial charge < -0.3 is 0 Å². The molecular weight excluding hydrogens is 136 g/mol. The molecule has 2 nitrogen and oxygen atoms in total. The summed E-state index contributed by atoms with van der Waals surface area (Å²) >= 11 is 0. The largest absolute Gasteiger partial charge is 0.286 e. The topological polar surface area (TPSA) is 24.7 Å². The second kappa shape index (κ2) is 5.59. The average molecular weight is 150 g/mol. The van der Waals surface area contributed by atoms with Crippen molar-refractivity contribution >= 4 is 11.4 Å². The van der Waals surface area contributed by atoms with E-state index in [0.29, 0.717) is 0 Å². The number of allylic oxidation sites excluding steroid dienone is 2. The molecule has 11 heavy (non-hydrogen) atoms. The normalized spacial score (nSPS) is 12.9. The highest BCUT2D eigenvalue weighted by Crippen LogP contribution is 1.88. The van der Waals surface area contributed by atoms with Gasteiger partial charge in [0, 0.05) is 13.6 Å². The molecule has 0 saturated carbocycles. The highest BCUT2D eigenvalue weighted by atomic mass is 14.8. The van der Waals surface area contributed by atoms with E-state index in [2.05, 4.69) is 23.1 Å². The third-order valence-electron chi connectivity index (χ3n) is 1.22. The van der Waals surface area contributed by atoms with Gasteiger partial charge in [-0.2, -0.15) is 0 Å². The Morgan fingerprint density at radius 2 is 1.82 bits per heavy atom. The number of aliphatic imine (C=N–C) groups is 2. The zero-order chi connectivity index (χ0) is 8.69. The van der Waals surface area contributed by atoms with Crippen LogP contribution in [0.5, 0.6) is 0 Å². The van der Waals surface area contributed by atoms with Crippen LogP contribution >= 0.6 is 0 Å². The molecule has 0 aliphatic heterocycles. The predicted octanol–water partition coefficient (Wildman–Crippen LogP) is 1.89. The van der Waals surface area contributed by atoms with Crippen molar-refractivity contribution in [2.75, 3.05) is 13.6 Å². The maximum absolute atomic E-state index is 4.18. The highest BCUT2D eigenvalue weighted by molar-refractivity contribution is 6.50. The van der Waals surface area contributed by atoms with Crippen LogP contribution in [0.1, 0.15) is 6.92 Å². The maximum Gasteiger partial charge on any atom is 0.0819 e. The lowest BCUT2D eigenvalue weighted by Crippen LogP contribution is -2.08. The van der Waals surface area contributed by atoms with Gasteiger partial charge in [0.1, 0.15) is 0 Å². The molecule has 0 saturated heterocycles. The van der Waals surface area contributed by atoms with E-state index in [-0.39, 0.29) is 0 Å². The summed E-state index contributed by atoms with van der Waals surface area (Å²) in [4.78, 5) is 8.17. The zero-order valence-electron chi connectivity index (χ0n) is 7.17. The van der Waals surface area contributed by atoms with Crippen LogP contribution in [0.3, 0.4) is 0 Å². The zero-order valence-corrected chi connectivity index (χ0v) is 7.17. The lowest BCUT2D eigenvalue weighted by Gasteiger charge is -1.97. The van der Waals surface area contributed by atoms with Gasteiger partial charge in [-0.3, -0.25) is 9.98 Å². The fraction of sp³-hybridized carbons (Fsp3) is 0.333. The van der Waals surface area contributed by atoms with Crippen molar-refractivity contribution < 1.29 is 0 Å². The van der Waals surface area contributed by atoms with Crippen LogP contribution in [0.15, 0.2) is 35.3 Å². The SMILES string of the molecule is C=CC(=NC)C(C=C)=NCC. The molecule has 2 heteroatoms. The summed E-state index contributed by atoms with van der Waals surface area (Å²) in [6.07, 6.45) is 3.36. The summed E-state index contributed by atoms with van der Waals surface area (Å²) < 4.78 is 0. The second-order valence-electron chi connectivity index (χ2n) is 1.88. The summed E-state index contributed by atoms with van der Waals surface area (Å²) in [5.41, 5.74) is 1.60. The van der Waals surface area contributed by atoms with Gasteiger partial charge in [0.2, 0.25) is 0 Å². The van der Waals surface area contributed by atoms with E-state index in [1.807, 2.05) is 6.92 Å². The van der Waals surface area contributed by atoms with Crippen molar-refractivity contribution in [3.05, 3.63) is 25.3 Å². The minimum Gasteiger partial charge on any atom is -0.286 e. The molecule has 0 heterocycles. The number of hydrogen-bond donors (Lipinski definition) is 0. The van der Waals surface area contributed by atoms with E-state index >= 15 is 0 Å². The summed E-state index contributed by atoms with van der Waals surface area (Å²) in [5.74, 6) is 0. The molecule has 0 radical (unpaired) electrons. The smallest absolute Gasteiger partial charge is 0.0819 e. The van der Waals surface area contributed by atoms with Crippen LogP contribution in [0.4, 0.5) is 0 Å². The molecule has 60 valence electrons. The minimum atomic E-state index is 0.744. The molecule has 0 aliphatic carbocycles. The molecular formula is C9H14N2. The Balaban J connectivity index is 4.61. The molecule has 0 aromatic rings. The molecule has 0 amide bonds. The van der Waals surface area contributed by atoms with Crippen LogP contribution in [0.25, 0.3) is 0 Å². The molecule has 0 fully saturated rings. The highest BCUT2D eigenvalue weighted by Gasteiger charge is 1.96. The summed E-state index contributed by atoms with van der Waals surface area (Å²) in [6.45, 7) is 9.98. The van der Waals surface area contributed by atoms with Gasteiger partial charge in [0.15, 0.2) is 0 Å². The van der Waals surface area contributed by atoms with Gasteiger partial charge in [0.25, 0.3) is 0 Å². The van der Waals surface area contributed by atoms with Crippen molar-refractivity contribution in [3.63, 3.8) is 0 Å². The summed E-state index contributed by atoms with van der Waals surface area (Å²) in [6, 6.07) is 0. The molecule has 0 unspecified atom stereocenters. The van der Waals surface area contributed by atoms with Gasteiger partial charge in [-0.05, 0) is 19.1 Å². The van der Waals surface area contributed by atoms with Crippen molar-refractivity contribution in [1.29, 1.82) is 0 Å². The monoisotopic (exact) mass is 150 g/mol. The van der Waals surface area contributed by atoms with Crippen LogP contribution in [-0.2, 0) is 0 Å². The predicted molar refractivity (Wildman–Crippen MR) is 51.7 cm³/mol. The number of nitrogens with zero attached hydrogens (tertiary/aromatic N) is 2. The molecule has 0 N–H and O–H groups in total. The summed E-state index contributed by atoms with van der Waals surface area (Å²) in [5, 5.41) is 0. The molecule has 0 aromatic carbocycles. The van der Waals surface area contributed by atoms with E-state index in [1.54, 1.807) is 19.2 Å². The first-order valence-electron chi connectivity index (χ1n) is 3.56. The molecule has 0 spiro atoms. The Bertz CT molecular complexity index is 200. The molecule has 0 bridgehead atoms. The first-order valence-corrected chi connectivity index (χ1v) is 3.56. The number of hydrogen-bond acceptors (Lipinski definition) is 2. The quantitative estimate of drug-likeness (QED) is 0.547. The Labute approximate surface area is 68.1 Å². The van der Waals surface area contributed by atoms with Gasteiger partial charge >= 0.3 is 0 Å². The lowest BCUT2D eigenvalue weighted by molar-refractivity contribution is 1.14. The molecule has 0 atom stereocenters. The number of rotatable bonds is 4.